The van der Waals surface area contributed by atoms with Gasteiger partial charge in [-0.2, -0.15) is 0 Å². The van der Waals surface area contributed by atoms with Gasteiger partial charge in [0.15, 0.2) is 5.58 Å². The highest BCUT2D eigenvalue weighted by Crippen LogP contribution is 2.19. The van der Waals surface area contributed by atoms with Crippen LogP contribution in [0.25, 0.3) is 11.1 Å². The first-order valence-corrected chi connectivity index (χ1v) is 5.68. The fourth-order valence-electron chi connectivity index (χ4n) is 1.70. The largest absolute Gasteiger partial charge is 0.420 e. The van der Waals surface area contributed by atoms with Crippen LogP contribution in [-0.2, 0) is 11.3 Å². The zero-order valence-electron chi connectivity index (χ0n) is 10.4. The highest BCUT2D eigenvalue weighted by molar-refractivity contribution is 5.80. The van der Waals surface area contributed by atoms with E-state index in [1.807, 2.05) is 0 Å². The van der Waals surface area contributed by atoms with E-state index in [1.54, 1.807) is 0 Å². The molecule has 0 atom stereocenters. The van der Waals surface area contributed by atoms with Gasteiger partial charge in [-0.25, -0.2) is 4.79 Å². The molecule has 8 heteroatoms. The van der Waals surface area contributed by atoms with E-state index in [-0.39, 0.29) is 29.9 Å². The monoisotopic (exact) mass is 277 g/mol. The molecule has 0 aliphatic heterocycles. The van der Waals surface area contributed by atoms with Crippen LogP contribution in [-0.4, -0.2) is 21.9 Å². The van der Waals surface area contributed by atoms with Crippen LogP contribution in [0, 0.1) is 10.1 Å². The maximum absolute atomic E-state index is 11.7. The van der Waals surface area contributed by atoms with Crippen molar-refractivity contribution in [3.63, 3.8) is 0 Å². The van der Waals surface area contributed by atoms with E-state index >= 15 is 0 Å². The summed E-state index contributed by atoms with van der Waals surface area (Å²) in [6.07, 6.45) is 1.50. The third-order valence-corrected chi connectivity index (χ3v) is 2.61. The zero-order valence-corrected chi connectivity index (χ0v) is 10.4. The number of oxazole rings is 1. The van der Waals surface area contributed by atoms with E-state index in [9.17, 15) is 19.7 Å². The van der Waals surface area contributed by atoms with E-state index in [0.717, 1.165) is 4.57 Å². The van der Waals surface area contributed by atoms with Crippen molar-refractivity contribution in [1.29, 1.82) is 0 Å². The smallest absolute Gasteiger partial charge is 0.408 e. The highest BCUT2D eigenvalue weighted by Gasteiger charge is 2.15. The van der Waals surface area contributed by atoms with Gasteiger partial charge in [-0.15, -0.1) is 6.58 Å². The van der Waals surface area contributed by atoms with Gasteiger partial charge in [0.05, 0.1) is 10.4 Å². The number of benzene rings is 1. The predicted octanol–water partition coefficient (Wildman–Crippen LogP) is 0.805. The molecule has 0 saturated heterocycles. The summed E-state index contributed by atoms with van der Waals surface area (Å²) < 4.78 is 5.97. The Hall–Kier alpha value is -2.90. The van der Waals surface area contributed by atoms with Crippen LogP contribution in [0.2, 0.25) is 0 Å². The molecule has 1 N–H and O–H groups in total. The summed E-state index contributed by atoms with van der Waals surface area (Å²) in [6.45, 7) is 3.44. The van der Waals surface area contributed by atoms with Crippen molar-refractivity contribution in [1.82, 2.24) is 9.88 Å². The molecule has 0 saturated carbocycles. The molecule has 0 aliphatic carbocycles. The predicted molar refractivity (Wildman–Crippen MR) is 70.3 cm³/mol. The summed E-state index contributed by atoms with van der Waals surface area (Å²) >= 11 is 0. The molecule has 20 heavy (non-hydrogen) atoms. The second-order valence-electron chi connectivity index (χ2n) is 3.96. The van der Waals surface area contributed by atoms with Crippen LogP contribution in [0.4, 0.5) is 5.69 Å². The number of hydrogen-bond acceptors (Lipinski definition) is 5. The number of hydrogen-bond donors (Lipinski definition) is 1. The number of nitro groups is 1. The lowest BCUT2D eigenvalue weighted by molar-refractivity contribution is -0.384. The Morgan fingerprint density at radius 2 is 2.30 bits per heavy atom. The molecule has 2 rings (SSSR count). The molecule has 0 aliphatic rings. The Morgan fingerprint density at radius 1 is 1.55 bits per heavy atom. The Morgan fingerprint density at radius 3 is 2.95 bits per heavy atom. The molecule has 1 amide bonds. The number of carbonyl (C=O) groups excluding carboxylic acids is 1. The fourth-order valence-corrected chi connectivity index (χ4v) is 1.70. The third-order valence-electron chi connectivity index (χ3n) is 2.61. The van der Waals surface area contributed by atoms with Gasteiger partial charge in [-0.1, -0.05) is 6.08 Å². The van der Waals surface area contributed by atoms with Gasteiger partial charge >= 0.3 is 5.76 Å². The molecule has 1 heterocycles. The minimum atomic E-state index is -0.741. The second kappa shape index (κ2) is 5.39. The Bertz CT molecular complexity index is 743. The lowest BCUT2D eigenvalue weighted by atomic mass is 10.3. The molecular formula is C12H11N3O5. The topological polar surface area (TPSA) is 107 Å². The van der Waals surface area contributed by atoms with Crippen molar-refractivity contribution < 1.29 is 14.1 Å². The average Bonchev–Trinajstić information content (AvgIpc) is 2.72. The second-order valence-corrected chi connectivity index (χ2v) is 3.96. The maximum atomic E-state index is 11.7. The normalized spacial score (nSPS) is 10.4. The summed E-state index contributed by atoms with van der Waals surface area (Å²) in [5.74, 6) is -1.16. The standard InChI is InChI=1S/C12H11N3O5/c1-2-5-13-11(16)7-14-9-6-8(15(18)19)3-4-10(9)20-12(14)17/h2-4,6H,1,5,7H2,(H,13,16). The Kier molecular flexibility index (Phi) is 3.65. The van der Waals surface area contributed by atoms with Gasteiger partial charge < -0.3 is 9.73 Å². The van der Waals surface area contributed by atoms with E-state index in [1.165, 1.54) is 24.3 Å². The first-order chi connectivity index (χ1) is 9.52. The van der Waals surface area contributed by atoms with Crippen LogP contribution < -0.4 is 11.1 Å². The zero-order chi connectivity index (χ0) is 14.7. The van der Waals surface area contributed by atoms with Crippen molar-refractivity contribution in [2.24, 2.45) is 0 Å². The fraction of sp³-hybridized carbons (Fsp3) is 0.167. The maximum Gasteiger partial charge on any atom is 0.420 e. The van der Waals surface area contributed by atoms with Gasteiger partial charge in [0.25, 0.3) is 5.69 Å². The molecule has 0 radical (unpaired) electrons. The molecule has 8 nitrogen and oxygen atoms in total. The summed E-state index contributed by atoms with van der Waals surface area (Å²) in [5.41, 5.74) is 0.216. The highest BCUT2D eigenvalue weighted by atomic mass is 16.6. The quantitative estimate of drug-likeness (QED) is 0.494. The molecule has 1 aromatic heterocycles. The molecule has 0 spiro atoms. The average molecular weight is 277 g/mol. The summed E-state index contributed by atoms with van der Waals surface area (Å²) in [6, 6.07) is 3.75. The third kappa shape index (κ3) is 2.58. The van der Waals surface area contributed by atoms with Gasteiger partial charge in [-0.3, -0.25) is 19.5 Å². The van der Waals surface area contributed by atoms with Crippen molar-refractivity contribution >= 4 is 22.7 Å². The van der Waals surface area contributed by atoms with E-state index in [0.29, 0.717) is 0 Å². The van der Waals surface area contributed by atoms with E-state index in [4.69, 9.17) is 4.42 Å². The number of rotatable bonds is 5. The van der Waals surface area contributed by atoms with E-state index in [2.05, 4.69) is 11.9 Å². The number of aromatic nitrogens is 1. The van der Waals surface area contributed by atoms with Crippen LogP contribution >= 0.6 is 0 Å². The van der Waals surface area contributed by atoms with Crippen molar-refractivity contribution in [2.45, 2.75) is 6.54 Å². The van der Waals surface area contributed by atoms with Crippen LogP contribution in [0.15, 0.2) is 40.1 Å². The number of carbonyl (C=O) groups is 1. The van der Waals surface area contributed by atoms with Crippen molar-refractivity contribution in [3.8, 4) is 0 Å². The summed E-state index contributed by atoms with van der Waals surface area (Å²) in [7, 11) is 0. The van der Waals surface area contributed by atoms with Gasteiger partial charge in [0.2, 0.25) is 5.91 Å². The molecule has 0 unspecified atom stereocenters. The minimum absolute atomic E-state index is 0.182. The minimum Gasteiger partial charge on any atom is -0.408 e. The molecule has 104 valence electrons. The number of nitrogens with one attached hydrogen (secondary N) is 1. The van der Waals surface area contributed by atoms with Crippen LogP contribution in [0.5, 0.6) is 0 Å². The first-order valence-electron chi connectivity index (χ1n) is 5.68. The van der Waals surface area contributed by atoms with Gasteiger partial charge in [0.1, 0.15) is 6.54 Å². The van der Waals surface area contributed by atoms with E-state index < -0.39 is 16.6 Å². The molecule has 1 aromatic carbocycles. The number of nitro benzene ring substituents is 1. The first kappa shape index (κ1) is 13.5. The SMILES string of the molecule is C=CCNC(=O)Cn1c(=O)oc2ccc([N+](=O)[O-])cc21. The van der Waals surface area contributed by atoms with Crippen LogP contribution in [0.1, 0.15) is 0 Å². The Labute approximate surface area is 112 Å². The summed E-state index contributed by atoms with van der Waals surface area (Å²) in [5, 5.41) is 13.2. The molecule has 2 aromatic rings. The van der Waals surface area contributed by atoms with Gasteiger partial charge in [0, 0.05) is 18.7 Å². The number of amides is 1. The number of nitrogens with zero attached hydrogens (tertiary/aromatic N) is 2. The molecule has 0 bridgehead atoms. The van der Waals surface area contributed by atoms with Crippen molar-refractivity contribution in [3.05, 3.63) is 51.5 Å². The van der Waals surface area contributed by atoms with Gasteiger partial charge in [-0.05, 0) is 6.07 Å². The van der Waals surface area contributed by atoms with Crippen molar-refractivity contribution in [2.75, 3.05) is 6.54 Å². The summed E-state index contributed by atoms with van der Waals surface area (Å²) in [4.78, 5) is 33.4. The van der Waals surface area contributed by atoms with Crippen LogP contribution in [0.3, 0.4) is 0 Å². The lowest BCUT2D eigenvalue weighted by Crippen LogP contribution is -2.30. The number of non-ortho nitro benzene ring substituents is 1. The Balaban J connectivity index is 2.41. The molecular weight excluding hydrogens is 266 g/mol. The molecule has 0 fully saturated rings. The number of fused-ring (bicyclic) bond motifs is 1. The lowest BCUT2D eigenvalue weighted by Gasteiger charge is -2.02.